The van der Waals surface area contributed by atoms with E-state index in [1.54, 1.807) is 4.90 Å². The fourth-order valence-corrected chi connectivity index (χ4v) is 2.31. The summed E-state index contributed by atoms with van der Waals surface area (Å²) < 4.78 is 0. The molecular formula is C13H25NO2. The lowest BCUT2D eigenvalue weighted by Crippen LogP contribution is -2.47. The summed E-state index contributed by atoms with van der Waals surface area (Å²) in [7, 11) is 1.83. The Bertz CT molecular complexity index is 245. The first kappa shape index (κ1) is 13.5. The van der Waals surface area contributed by atoms with Crippen molar-refractivity contribution in [1.82, 2.24) is 4.90 Å². The second kappa shape index (κ2) is 5.17. The fraction of sp³-hybridized carbons (Fsp3) is 0.923. The highest BCUT2D eigenvalue weighted by Crippen LogP contribution is 2.25. The highest BCUT2D eigenvalue weighted by Gasteiger charge is 2.30. The number of hydrogen-bond donors (Lipinski definition) is 1. The Hall–Kier alpha value is -0.570. The normalized spacial score (nSPS) is 26.6. The predicted molar refractivity (Wildman–Crippen MR) is 65.1 cm³/mol. The van der Waals surface area contributed by atoms with Crippen LogP contribution in [-0.2, 0) is 4.79 Å². The van der Waals surface area contributed by atoms with Gasteiger partial charge in [-0.1, -0.05) is 33.6 Å². The molecule has 1 fully saturated rings. The topological polar surface area (TPSA) is 40.5 Å². The van der Waals surface area contributed by atoms with Crippen LogP contribution in [0.4, 0.5) is 0 Å². The number of hydrogen-bond acceptors (Lipinski definition) is 2. The molecule has 0 radical (unpaired) electrons. The lowest BCUT2D eigenvalue weighted by atomic mass is 9.89. The van der Waals surface area contributed by atoms with E-state index in [2.05, 4.69) is 20.8 Å². The van der Waals surface area contributed by atoms with Gasteiger partial charge >= 0.3 is 0 Å². The van der Waals surface area contributed by atoms with Gasteiger partial charge in [0, 0.05) is 13.5 Å². The fourth-order valence-electron chi connectivity index (χ4n) is 2.31. The van der Waals surface area contributed by atoms with Crippen LogP contribution in [0.3, 0.4) is 0 Å². The van der Waals surface area contributed by atoms with Gasteiger partial charge in [0.25, 0.3) is 0 Å². The van der Waals surface area contributed by atoms with Crippen LogP contribution in [0.25, 0.3) is 0 Å². The van der Waals surface area contributed by atoms with Gasteiger partial charge in [0.2, 0.25) is 5.91 Å². The Kier molecular flexibility index (Phi) is 4.36. The van der Waals surface area contributed by atoms with Gasteiger partial charge < -0.3 is 10.0 Å². The molecule has 0 spiro atoms. The van der Waals surface area contributed by atoms with E-state index in [-0.39, 0.29) is 23.5 Å². The minimum Gasteiger partial charge on any atom is -0.391 e. The number of rotatable bonds is 2. The molecule has 3 nitrogen and oxygen atoms in total. The van der Waals surface area contributed by atoms with Crippen molar-refractivity contribution in [3.8, 4) is 0 Å². The van der Waals surface area contributed by atoms with Gasteiger partial charge in [-0.3, -0.25) is 4.79 Å². The highest BCUT2D eigenvalue weighted by molar-refractivity contribution is 5.76. The molecule has 3 heteroatoms. The first-order valence-corrected chi connectivity index (χ1v) is 6.25. The second-order valence-corrected chi connectivity index (χ2v) is 6.16. The molecule has 0 bridgehead atoms. The molecule has 1 aliphatic rings. The average Bonchev–Trinajstić information content (AvgIpc) is 2.15. The molecule has 1 N–H and O–H groups in total. The number of carbonyl (C=O) groups is 1. The number of nitrogens with zero attached hydrogens (tertiary/aromatic N) is 1. The molecule has 0 aromatic rings. The van der Waals surface area contributed by atoms with Crippen molar-refractivity contribution in [3.05, 3.63) is 0 Å². The van der Waals surface area contributed by atoms with Crippen LogP contribution in [0, 0.1) is 5.41 Å². The molecule has 0 heterocycles. The van der Waals surface area contributed by atoms with Gasteiger partial charge in [0.1, 0.15) is 0 Å². The number of likely N-dealkylation sites (N-methyl/N-ethyl adjacent to an activating group) is 1. The largest absolute Gasteiger partial charge is 0.391 e. The Balaban J connectivity index is 2.55. The van der Waals surface area contributed by atoms with Crippen molar-refractivity contribution in [3.63, 3.8) is 0 Å². The van der Waals surface area contributed by atoms with Gasteiger partial charge in [-0.2, -0.15) is 0 Å². The third-order valence-corrected chi connectivity index (χ3v) is 3.27. The average molecular weight is 227 g/mol. The molecule has 1 rings (SSSR count). The molecule has 16 heavy (non-hydrogen) atoms. The first-order valence-electron chi connectivity index (χ1n) is 6.25. The first-order chi connectivity index (χ1) is 7.31. The summed E-state index contributed by atoms with van der Waals surface area (Å²) in [6.45, 7) is 6.20. The zero-order valence-electron chi connectivity index (χ0n) is 11.0. The Morgan fingerprint density at radius 2 is 1.88 bits per heavy atom. The zero-order chi connectivity index (χ0) is 12.3. The van der Waals surface area contributed by atoms with Gasteiger partial charge in [0.05, 0.1) is 12.1 Å². The zero-order valence-corrected chi connectivity index (χ0v) is 11.0. The molecule has 1 aliphatic carbocycles. The molecule has 2 atom stereocenters. The molecule has 0 aromatic heterocycles. The molecule has 0 saturated heterocycles. The number of amides is 1. The van der Waals surface area contributed by atoms with E-state index < -0.39 is 0 Å². The highest BCUT2D eigenvalue weighted by atomic mass is 16.3. The van der Waals surface area contributed by atoms with Gasteiger partial charge in [-0.05, 0) is 18.3 Å². The molecule has 0 aromatic carbocycles. The van der Waals surface area contributed by atoms with Gasteiger partial charge in [-0.25, -0.2) is 0 Å². The predicted octanol–water partition coefficient (Wildman–Crippen LogP) is 2.18. The van der Waals surface area contributed by atoms with Gasteiger partial charge in [0.15, 0.2) is 0 Å². The van der Waals surface area contributed by atoms with E-state index in [9.17, 15) is 9.90 Å². The Morgan fingerprint density at radius 3 is 2.38 bits per heavy atom. The second-order valence-electron chi connectivity index (χ2n) is 6.16. The maximum Gasteiger partial charge on any atom is 0.223 e. The molecule has 2 unspecified atom stereocenters. The van der Waals surface area contributed by atoms with E-state index in [4.69, 9.17) is 0 Å². The van der Waals surface area contributed by atoms with Crippen LogP contribution in [0.2, 0.25) is 0 Å². The van der Waals surface area contributed by atoms with E-state index in [1.807, 2.05) is 7.05 Å². The number of aliphatic hydroxyl groups excluding tert-OH is 1. The summed E-state index contributed by atoms with van der Waals surface area (Å²) in [5, 5.41) is 9.89. The quantitative estimate of drug-likeness (QED) is 0.785. The van der Waals surface area contributed by atoms with E-state index in [0.29, 0.717) is 6.42 Å². The summed E-state index contributed by atoms with van der Waals surface area (Å²) in [6, 6.07) is 0.0311. The monoisotopic (exact) mass is 227 g/mol. The van der Waals surface area contributed by atoms with Crippen LogP contribution in [-0.4, -0.2) is 35.1 Å². The van der Waals surface area contributed by atoms with Crippen molar-refractivity contribution >= 4 is 5.91 Å². The van der Waals surface area contributed by atoms with Crippen LogP contribution in [0.1, 0.15) is 52.9 Å². The van der Waals surface area contributed by atoms with Crippen molar-refractivity contribution in [2.24, 2.45) is 5.41 Å². The maximum absolute atomic E-state index is 12.0. The third-order valence-electron chi connectivity index (χ3n) is 3.27. The number of aliphatic hydroxyl groups is 1. The van der Waals surface area contributed by atoms with Crippen LogP contribution in [0.15, 0.2) is 0 Å². The third kappa shape index (κ3) is 3.78. The van der Waals surface area contributed by atoms with Crippen LogP contribution < -0.4 is 0 Å². The molecule has 1 amide bonds. The summed E-state index contributed by atoms with van der Waals surface area (Å²) in [4.78, 5) is 13.8. The summed E-state index contributed by atoms with van der Waals surface area (Å²) >= 11 is 0. The van der Waals surface area contributed by atoms with E-state index in [0.717, 1.165) is 25.7 Å². The Morgan fingerprint density at radius 1 is 1.31 bits per heavy atom. The molecule has 0 aliphatic heterocycles. The summed E-state index contributed by atoms with van der Waals surface area (Å²) in [5.41, 5.74) is 0.0188. The SMILES string of the molecule is CN(C(=O)CC(C)(C)C)C1CCCCC1O. The van der Waals surface area contributed by atoms with E-state index >= 15 is 0 Å². The van der Waals surface area contributed by atoms with Gasteiger partial charge in [-0.15, -0.1) is 0 Å². The number of carbonyl (C=O) groups excluding carboxylic acids is 1. The van der Waals surface area contributed by atoms with Crippen molar-refractivity contribution in [1.29, 1.82) is 0 Å². The maximum atomic E-state index is 12.0. The lowest BCUT2D eigenvalue weighted by Gasteiger charge is -2.36. The summed E-state index contributed by atoms with van der Waals surface area (Å²) in [6.07, 6.45) is 4.19. The van der Waals surface area contributed by atoms with Crippen molar-refractivity contribution in [2.75, 3.05) is 7.05 Å². The lowest BCUT2D eigenvalue weighted by molar-refractivity contribution is -0.137. The molecule has 94 valence electrons. The van der Waals surface area contributed by atoms with E-state index in [1.165, 1.54) is 0 Å². The van der Waals surface area contributed by atoms with Crippen LogP contribution in [0.5, 0.6) is 0 Å². The molecular weight excluding hydrogens is 202 g/mol. The van der Waals surface area contributed by atoms with Crippen LogP contribution >= 0.6 is 0 Å². The minimum atomic E-state index is -0.331. The smallest absolute Gasteiger partial charge is 0.223 e. The Labute approximate surface area is 98.8 Å². The van der Waals surface area contributed by atoms with Crippen molar-refractivity contribution < 1.29 is 9.90 Å². The minimum absolute atomic E-state index is 0.0188. The molecule has 1 saturated carbocycles. The summed E-state index contributed by atoms with van der Waals surface area (Å²) in [5.74, 6) is 0.151. The van der Waals surface area contributed by atoms with Crippen molar-refractivity contribution in [2.45, 2.75) is 65.0 Å². The standard InChI is InChI=1S/C13H25NO2/c1-13(2,3)9-12(16)14(4)10-7-5-6-8-11(10)15/h10-11,15H,5-9H2,1-4H3.